The molecule has 1 aromatic carbocycles. The lowest BCUT2D eigenvalue weighted by Gasteiger charge is -2.21. The third-order valence-corrected chi connectivity index (χ3v) is 4.54. The number of nitrogens with one attached hydrogen (secondary N) is 1. The number of pyridine rings is 1. The zero-order valence-electron chi connectivity index (χ0n) is 14.7. The SMILES string of the molecule is O=C(/C=C/c1ccc(Oc2cccnc2)c(F)c1)NCC1CCCCC1. The Morgan fingerprint density at radius 3 is 2.85 bits per heavy atom. The Morgan fingerprint density at radius 1 is 1.27 bits per heavy atom. The molecule has 0 saturated heterocycles. The summed E-state index contributed by atoms with van der Waals surface area (Å²) >= 11 is 0. The molecule has 3 rings (SSSR count). The van der Waals surface area contributed by atoms with Crippen LogP contribution >= 0.6 is 0 Å². The Labute approximate surface area is 153 Å². The topological polar surface area (TPSA) is 51.2 Å². The zero-order chi connectivity index (χ0) is 18.2. The smallest absolute Gasteiger partial charge is 0.244 e. The Hall–Kier alpha value is -2.69. The van der Waals surface area contributed by atoms with Gasteiger partial charge in [0.2, 0.25) is 5.91 Å². The third kappa shape index (κ3) is 5.41. The Kier molecular flexibility index (Phi) is 6.36. The van der Waals surface area contributed by atoms with Gasteiger partial charge in [-0.1, -0.05) is 25.3 Å². The number of benzene rings is 1. The van der Waals surface area contributed by atoms with Crippen molar-refractivity contribution in [3.8, 4) is 11.5 Å². The standard InChI is InChI=1S/C21H23FN2O2/c22-19-13-16(8-10-20(19)26-18-7-4-12-23-15-18)9-11-21(25)24-14-17-5-2-1-3-6-17/h4,7-13,15,17H,1-3,5-6,14H2,(H,24,25)/b11-9+. The molecule has 0 unspecified atom stereocenters. The van der Waals surface area contributed by atoms with Crippen molar-refractivity contribution in [1.29, 1.82) is 0 Å². The first-order chi connectivity index (χ1) is 12.7. The van der Waals surface area contributed by atoms with Crippen LogP contribution in [0.3, 0.4) is 0 Å². The molecular formula is C21H23FN2O2. The summed E-state index contributed by atoms with van der Waals surface area (Å²) in [6.07, 6.45) is 12.4. The van der Waals surface area contributed by atoms with Crippen molar-refractivity contribution in [3.63, 3.8) is 0 Å². The highest BCUT2D eigenvalue weighted by atomic mass is 19.1. The summed E-state index contributed by atoms with van der Waals surface area (Å²) in [5.74, 6) is 0.543. The molecule has 1 aliphatic rings. The molecule has 5 heteroatoms. The predicted octanol–water partition coefficient (Wildman–Crippen LogP) is 4.72. The van der Waals surface area contributed by atoms with Crippen LogP contribution in [0.25, 0.3) is 6.08 Å². The molecule has 0 spiro atoms. The van der Waals surface area contributed by atoms with Gasteiger partial charge < -0.3 is 10.1 Å². The van der Waals surface area contributed by atoms with E-state index >= 15 is 0 Å². The first-order valence-electron chi connectivity index (χ1n) is 9.04. The maximum Gasteiger partial charge on any atom is 0.244 e. The van der Waals surface area contributed by atoms with Gasteiger partial charge in [-0.2, -0.15) is 0 Å². The number of carbonyl (C=O) groups excluding carboxylic acids is 1. The minimum atomic E-state index is -0.487. The number of nitrogens with zero attached hydrogens (tertiary/aromatic N) is 1. The molecule has 1 aliphatic carbocycles. The molecule has 4 nitrogen and oxygen atoms in total. The lowest BCUT2D eigenvalue weighted by molar-refractivity contribution is -0.116. The lowest BCUT2D eigenvalue weighted by atomic mass is 9.89. The minimum absolute atomic E-state index is 0.122. The van der Waals surface area contributed by atoms with Gasteiger partial charge >= 0.3 is 0 Å². The molecular weight excluding hydrogens is 331 g/mol. The fourth-order valence-corrected chi connectivity index (χ4v) is 3.10. The van der Waals surface area contributed by atoms with Gasteiger partial charge in [0.05, 0.1) is 6.20 Å². The lowest BCUT2D eigenvalue weighted by Crippen LogP contribution is -2.28. The largest absolute Gasteiger partial charge is 0.453 e. The number of amides is 1. The third-order valence-electron chi connectivity index (χ3n) is 4.54. The van der Waals surface area contributed by atoms with E-state index in [9.17, 15) is 9.18 Å². The molecule has 0 bridgehead atoms. The van der Waals surface area contributed by atoms with Crippen molar-refractivity contribution in [1.82, 2.24) is 10.3 Å². The van der Waals surface area contributed by atoms with Crippen molar-refractivity contribution in [2.24, 2.45) is 5.92 Å². The van der Waals surface area contributed by atoms with Gasteiger partial charge in [0.25, 0.3) is 0 Å². The maximum atomic E-state index is 14.2. The average molecular weight is 354 g/mol. The number of ether oxygens (including phenoxy) is 1. The monoisotopic (exact) mass is 354 g/mol. The van der Waals surface area contributed by atoms with Crippen LogP contribution < -0.4 is 10.1 Å². The fraction of sp³-hybridized carbons (Fsp3) is 0.333. The van der Waals surface area contributed by atoms with E-state index < -0.39 is 5.82 Å². The fourth-order valence-electron chi connectivity index (χ4n) is 3.10. The highest BCUT2D eigenvalue weighted by Gasteiger charge is 2.13. The second-order valence-electron chi connectivity index (χ2n) is 6.56. The Morgan fingerprint density at radius 2 is 2.12 bits per heavy atom. The predicted molar refractivity (Wildman–Crippen MR) is 99.3 cm³/mol. The van der Waals surface area contributed by atoms with E-state index in [1.165, 1.54) is 50.4 Å². The highest BCUT2D eigenvalue weighted by Crippen LogP contribution is 2.25. The summed E-state index contributed by atoms with van der Waals surface area (Å²) < 4.78 is 19.6. The van der Waals surface area contributed by atoms with E-state index in [4.69, 9.17) is 4.74 Å². The summed E-state index contributed by atoms with van der Waals surface area (Å²) in [4.78, 5) is 15.9. The summed E-state index contributed by atoms with van der Waals surface area (Å²) in [7, 11) is 0. The van der Waals surface area contributed by atoms with Crippen LogP contribution in [0.4, 0.5) is 4.39 Å². The second kappa shape index (κ2) is 9.13. The quantitative estimate of drug-likeness (QED) is 0.764. The van der Waals surface area contributed by atoms with Crippen LogP contribution in [-0.4, -0.2) is 17.4 Å². The van der Waals surface area contributed by atoms with Crippen molar-refractivity contribution >= 4 is 12.0 Å². The number of halogens is 1. The van der Waals surface area contributed by atoms with E-state index in [-0.39, 0.29) is 11.7 Å². The number of hydrogen-bond donors (Lipinski definition) is 1. The van der Waals surface area contributed by atoms with Crippen molar-refractivity contribution < 1.29 is 13.9 Å². The molecule has 1 amide bonds. The molecule has 2 aromatic rings. The van der Waals surface area contributed by atoms with Gasteiger partial charge in [-0.3, -0.25) is 9.78 Å². The number of rotatable bonds is 6. The molecule has 1 saturated carbocycles. The van der Waals surface area contributed by atoms with Crippen LogP contribution in [0.15, 0.2) is 48.8 Å². The number of hydrogen-bond acceptors (Lipinski definition) is 3. The molecule has 1 fully saturated rings. The van der Waals surface area contributed by atoms with Crippen LogP contribution in [0.2, 0.25) is 0 Å². The van der Waals surface area contributed by atoms with E-state index in [2.05, 4.69) is 10.3 Å². The van der Waals surface area contributed by atoms with E-state index in [0.29, 0.717) is 17.2 Å². The van der Waals surface area contributed by atoms with Gasteiger partial charge in [-0.25, -0.2) is 4.39 Å². The average Bonchev–Trinajstić information content (AvgIpc) is 2.68. The molecule has 0 radical (unpaired) electrons. The second-order valence-corrected chi connectivity index (χ2v) is 6.56. The van der Waals surface area contributed by atoms with Crippen LogP contribution in [0.5, 0.6) is 11.5 Å². The first kappa shape index (κ1) is 18.1. The highest BCUT2D eigenvalue weighted by molar-refractivity contribution is 5.91. The molecule has 26 heavy (non-hydrogen) atoms. The Bertz CT molecular complexity index is 756. The number of aromatic nitrogens is 1. The van der Waals surface area contributed by atoms with Gasteiger partial charge in [0.1, 0.15) is 5.75 Å². The number of carbonyl (C=O) groups is 1. The van der Waals surface area contributed by atoms with Gasteiger partial charge in [-0.05, 0) is 54.7 Å². The van der Waals surface area contributed by atoms with Gasteiger partial charge in [0.15, 0.2) is 11.6 Å². The molecule has 136 valence electrons. The molecule has 0 aliphatic heterocycles. The van der Waals surface area contributed by atoms with Crippen LogP contribution in [0.1, 0.15) is 37.7 Å². The van der Waals surface area contributed by atoms with Crippen molar-refractivity contribution in [3.05, 3.63) is 60.2 Å². The summed E-state index contributed by atoms with van der Waals surface area (Å²) in [5.41, 5.74) is 0.605. The minimum Gasteiger partial charge on any atom is -0.453 e. The normalized spacial score (nSPS) is 15.1. The van der Waals surface area contributed by atoms with E-state index in [1.54, 1.807) is 36.5 Å². The van der Waals surface area contributed by atoms with Crippen molar-refractivity contribution in [2.75, 3.05) is 6.54 Å². The van der Waals surface area contributed by atoms with E-state index in [1.807, 2.05) is 0 Å². The molecule has 0 atom stereocenters. The summed E-state index contributed by atoms with van der Waals surface area (Å²) in [6, 6.07) is 8.02. The van der Waals surface area contributed by atoms with Gasteiger partial charge in [-0.15, -0.1) is 0 Å². The molecule has 1 heterocycles. The molecule has 1 N–H and O–H groups in total. The van der Waals surface area contributed by atoms with Crippen LogP contribution in [-0.2, 0) is 4.79 Å². The Balaban J connectivity index is 1.53. The summed E-state index contributed by atoms with van der Waals surface area (Å²) in [5, 5.41) is 2.93. The summed E-state index contributed by atoms with van der Waals surface area (Å²) in [6.45, 7) is 0.718. The van der Waals surface area contributed by atoms with Crippen LogP contribution in [0, 0.1) is 11.7 Å². The zero-order valence-corrected chi connectivity index (χ0v) is 14.7. The maximum absolute atomic E-state index is 14.2. The molecule has 1 aromatic heterocycles. The van der Waals surface area contributed by atoms with E-state index in [0.717, 1.165) is 6.54 Å². The van der Waals surface area contributed by atoms with Crippen molar-refractivity contribution in [2.45, 2.75) is 32.1 Å². The van der Waals surface area contributed by atoms with Gasteiger partial charge in [0, 0.05) is 18.8 Å². The first-order valence-corrected chi connectivity index (χ1v) is 9.04.